The van der Waals surface area contributed by atoms with Crippen molar-refractivity contribution in [1.82, 2.24) is 4.98 Å². The second-order valence-electron chi connectivity index (χ2n) is 2.85. The number of hydrogen-bond acceptors (Lipinski definition) is 4. The molecule has 0 saturated carbocycles. The molecule has 0 aromatic carbocycles. The minimum absolute atomic E-state index is 0.552. The first kappa shape index (κ1) is 13.4. The molecule has 96 valence electrons. The Kier molecular flexibility index (Phi) is 3.71. The Morgan fingerprint density at radius 3 is 2.35 bits per heavy atom. The van der Waals surface area contributed by atoms with Crippen LogP contribution in [0.5, 0.6) is 11.5 Å². The molecule has 4 nitrogen and oxygen atoms in total. The zero-order valence-electron chi connectivity index (χ0n) is 8.00. The van der Waals surface area contributed by atoms with E-state index in [4.69, 9.17) is 10.2 Å². The Balaban J connectivity index is 3.28. The van der Waals surface area contributed by atoms with Gasteiger partial charge < -0.3 is 14.9 Å². The minimum Gasteiger partial charge on any atom is -0.503 e. The van der Waals surface area contributed by atoms with Gasteiger partial charge in [0.05, 0.1) is 6.61 Å². The number of halogens is 5. The summed E-state index contributed by atoms with van der Waals surface area (Å²) in [6.45, 7) is -0.949. The van der Waals surface area contributed by atoms with Crippen LogP contribution in [0.25, 0.3) is 0 Å². The molecule has 0 unspecified atom stereocenters. The molecule has 0 aliphatic rings. The molecule has 1 aromatic rings. The number of alkyl halides is 5. The van der Waals surface area contributed by atoms with Crippen LogP contribution in [0, 0.1) is 0 Å². The molecule has 0 saturated heterocycles. The Hall–Kier alpha value is -1.64. The SMILES string of the molecule is OCc1cnc(C(F)F)c(O)c1OC(F)(F)F. The molecule has 1 rings (SSSR count). The highest BCUT2D eigenvalue weighted by Crippen LogP contribution is 2.39. The first-order chi connectivity index (χ1) is 7.76. The van der Waals surface area contributed by atoms with E-state index in [2.05, 4.69) is 9.72 Å². The number of aliphatic hydroxyl groups is 1. The average molecular weight is 259 g/mol. The molecule has 1 heterocycles. The highest BCUT2D eigenvalue weighted by atomic mass is 19.4. The van der Waals surface area contributed by atoms with Gasteiger partial charge in [-0.3, -0.25) is 4.98 Å². The number of pyridine rings is 1. The zero-order chi connectivity index (χ0) is 13.2. The van der Waals surface area contributed by atoms with Crippen LogP contribution in [-0.2, 0) is 6.61 Å². The van der Waals surface area contributed by atoms with Gasteiger partial charge in [0.25, 0.3) is 6.43 Å². The number of rotatable bonds is 3. The molecule has 0 spiro atoms. The lowest BCUT2D eigenvalue weighted by Gasteiger charge is -2.14. The van der Waals surface area contributed by atoms with E-state index in [0.717, 1.165) is 0 Å². The van der Waals surface area contributed by atoms with Crippen LogP contribution in [0.15, 0.2) is 6.20 Å². The van der Waals surface area contributed by atoms with Crippen LogP contribution >= 0.6 is 0 Å². The van der Waals surface area contributed by atoms with Gasteiger partial charge in [0.1, 0.15) is 0 Å². The summed E-state index contributed by atoms with van der Waals surface area (Å²) in [6, 6.07) is 0. The smallest absolute Gasteiger partial charge is 0.503 e. The summed E-state index contributed by atoms with van der Waals surface area (Å²) in [5.74, 6) is -2.71. The minimum atomic E-state index is -5.18. The van der Waals surface area contributed by atoms with E-state index in [-0.39, 0.29) is 0 Å². The fourth-order valence-corrected chi connectivity index (χ4v) is 1.04. The summed E-state index contributed by atoms with van der Waals surface area (Å²) in [6.07, 6.45) is -7.87. The first-order valence-corrected chi connectivity index (χ1v) is 4.11. The second-order valence-corrected chi connectivity index (χ2v) is 2.85. The van der Waals surface area contributed by atoms with Gasteiger partial charge in [0.15, 0.2) is 17.2 Å². The van der Waals surface area contributed by atoms with Crippen LogP contribution in [-0.4, -0.2) is 21.6 Å². The maximum absolute atomic E-state index is 12.3. The van der Waals surface area contributed by atoms with E-state index >= 15 is 0 Å². The highest BCUT2D eigenvalue weighted by molar-refractivity contribution is 5.47. The lowest BCUT2D eigenvalue weighted by molar-refractivity contribution is -0.275. The number of nitrogens with zero attached hydrogens (tertiary/aromatic N) is 1. The number of aliphatic hydroxyl groups excluding tert-OH is 1. The number of aromatic nitrogens is 1. The van der Waals surface area contributed by atoms with E-state index in [0.29, 0.717) is 6.20 Å². The molecule has 17 heavy (non-hydrogen) atoms. The van der Waals surface area contributed by atoms with E-state index < -0.39 is 42.2 Å². The van der Waals surface area contributed by atoms with Crippen LogP contribution in [0.2, 0.25) is 0 Å². The first-order valence-electron chi connectivity index (χ1n) is 4.11. The van der Waals surface area contributed by atoms with Gasteiger partial charge >= 0.3 is 6.36 Å². The number of ether oxygens (including phenoxy) is 1. The Bertz CT molecular complexity index is 407. The molecular formula is C8H6F5NO3. The fraction of sp³-hybridized carbons (Fsp3) is 0.375. The number of hydrogen-bond donors (Lipinski definition) is 2. The predicted octanol–water partition coefficient (Wildman–Crippen LogP) is 2.12. The molecule has 0 amide bonds. The quantitative estimate of drug-likeness (QED) is 0.816. The van der Waals surface area contributed by atoms with Crippen molar-refractivity contribution in [1.29, 1.82) is 0 Å². The maximum Gasteiger partial charge on any atom is 0.573 e. The van der Waals surface area contributed by atoms with Gasteiger partial charge in [-0.1, -0.05) is 0 Å². The second kappa shape index (κ2) is 4.70. The molecule has 0 atom stereocenters. The molecule has 0 aliphatic carbocycles. The van der Waals surface area contributed by atoms with E-state index in [1.165, 1.54) is 0 Å². The van der Waals surface area contributed by atoms with Gasteiger partial charge in [-0.15, -0.1) is 13.2 Å². The molecule has 0 fully saturated rings. The molecule has 0 radical (unpaired) electrons. The topological polar surface area (TPSA) is 62.6 Å². The highest BCUT2D eigenvalue weighted by Gasteiger charge is 2.35. The Labute approximate surface area is 91.3 Å². The summed E-state index contributed by atoms with van der Waals surface area (Å²) < 4.78 is 63.7. The molecule has 1 aromatic heterocycles. The van der Waals surface area contributed by atoms with Gasteiger partial charge in [0, 0.05) is 11.8 Å². The molecular weight excluding hydrogens is 253 g/mol. The van der Waals surface area contributed by atoms with Crippen LogP contribution in [0.1, 0.15) is 17.7 Å². The molecule has 0 bridgehead atoms. The van der Waals surface area contributed by atoms with Gasteiger partial charge in [0.2, 0.25) is 0 Å². The van der Waals surface area contributed by atoms with Gasteiger partial charge in [-0.05, 0) is 0 Å². The largest absolute Gasteiger partial charge is 0.573 e. The van der Waals surface area contributed by atoms with Crippen molar-refractivity contribution in [2.45, 2.75) is 19.4 Å². The third kappa shape index (κ3) is 3.16. The van der Waals surface area contributed by atoms with Crippen LogP contribution in [0.3, 0.4) is 0 Å². The van der Waals surface area contributed by atoms with Crippen molar-refractivity contribution in [3.63, 3.8) is 0 Å². The van der Waals surface area contributed by atoms with E-state index in [1.54, 1.807) is 0 Å². The molecule has 2 N–H and O–H groups in total. The standard InChI is InChI=1S/C8H6F5NO3/c9-7(10)4-5(16)6(17-8(11,12)13)3(2-15)1-14-4/h1,7,15-16H,2H2. The Morgan fingerprint density at radius 2 is 1.94 bits per heavy atom. The normalized spacial score (nSPS) is 11.9. The Morgan fingerprint density at radius 1 is 1.35 bits per heavy atom. The number of aromatic hydroxyl groups is 1. The van der Waals surface area contributed by atoms with Crippen molar-refractivity contribution >= 4 is 0 Å². The maximum atomic E-state index is 12.3. The monoisotopic (exact) mass is 259 g/mol. The van der Waals surface area contributed by atoms with Gasteiger partial charge in [-0.2, -0.15) is 0 Å². The van der Waals surface area contributed by atoms with Crippen molar-refractivity contribution in [3.8, 4) is 11.5 Å². The average Bonchev–Trinajstić information content (AvgIpc) is 2.18. The lowest BCUT2D eigenvalue weighted by atomic mass is 10.2. The fourth-order valence-electron chi connectivity index (χ4n) is 1.04. The summed E-state index contributed by atoms with van der Waals surface area (Å²) in [5, 5.41) is 17.8. The summed E-state index contributed by atoms with van der Waals surface area (Å²) in [7, 11) is 0. The summed E-state index contributed by atoms with van der Waals surface area (Å²) in [4.78, 5) is 3.03. The molecule has 0 aliphatic heterocycles. The van der Waals surface area contributed by atoms with Crippen molar-refractivity contribution < 1.29 is 36.9 Å². The summed E-state index contributed by atoms with van der Waals surface area (Å²) >= 11 is 0. The third-order valence-electron chi connectivity index (χ3n) is 1.70. The van der Waals surface area contributed by atoms with Crippen molar-refractivity contribution in [2.24, 2.45) is 0 Å². The van der Waals surface area contributed by atoms with Gasteiger partial charge in [-0.25, -0.2) is 8.78 Å². The van der Waals surface area contributed by atoms with E-state index in [9.17, 15) is 22.0 Å². The van der Waals surface area contributed by atoms with Crippen LogP contribution < -0.4 is 4.74 Å². The van der Waals surface area contributed by atoms with Crippen LogP contribution in [0.4, 0.5) is 22.0 Å². The van der Waals surface area contributed by atoms with Crippen molar-refractivity contribution in [2.75, 3.05) is 0 Å². The summed E-state index contributed by atoms with van der Waals surface area (Å²) in [5.41, 5.74) is -1.80. The third-order valence-corrected chi connectivity index (χ3v) is 1.70. The lowest BCUT2D eigenvalue weighted by Crippen LogP contribution is -2.19. The van der Waals surface area contributed by atoms with E-state index in [1.807, 2.05) is 0 Å². The predicted molar refractivity (Wildman–Crippen MR) is 43.5 cm³/mol. The molecule has 9 heteroatoms. The zero-order valence-corrected chi connectivity index (χ0v) is 8.00. The van der Waals surface area contributed by atoms with Crippen molar-refractivity contribution in [3.05, 3.63) is 17.5 Å².